The fraction of sp³-hybridized carbons (Fsp3) is 0.406. The van der Waals surface area contributed by atoms with Gasteiger partial charge in [0.1, 0.15) is 17.8 Å². The standard InChI is InChI=1S/C32H40N6O5S/c1-19-27(44-18-36-19)21-10-8-20(9-11-21)16-34-30(41)24-7-6-14-38(24)31(42)28(32(2,3)4)37-26(39)17-35-29(40)22-12-13-23(33)25(15-22)43-5/h8-13,15,18,24,28H,6-7,14,16-17,33H2,1-5H3,(H,34,41)(H,35,40)(H,37,39). The molecule has 0 saturated carbocycles. The van der Waals surface area contributed by atoms with Gasteiger partial charge in [0.25, 0.3) is 5.91 Å². The Morgan fingerprint density at radius 2 is 1.84 bits per heavy atom. The number of likely N-dealkylation sites (tertiary alicyclic amines) is 1. The molecule has 1 aliphatic rings. The smallest absolute Gasteiger partial charge is 0.251 e. The van der Waals surface area contributed by atoms with E-state index in [2.05, 4.69) is 20.9 Å². The maximum atomic E-state index is 13.8. The number of benzene rings is 2. The normalized spacial score (nSPS) is 15.4. The molecule has 3 aromatic rings. The topological polar surface area (TPSA) is 156 Å². The predicted molar refractivity (Wildman–Crippen MR) is 170 cm³/mol. The van der Waals surface area contributed by atoms with Crippen LogP contribution in [0.1, 0.15) is 55.2 Å². The molecule has 5 N–H and O–H groups in total. The van der Waals surface area contributed by atoms with Crippen molar-refractivity contribution in [2.24, 2.45) is 5.41 Å². The van der Waals surface area contributed by atoms with E-state index in [1.807, 2.05) is 57.5 Å². The molecule has 1 aromatic heterocycles. The van der Waals surface area contributed by atoms with Crippen LogP contribution in [0.5, 0.6) is 5.75 Å². The van der Waals surface area contributed by atoms with E-state index >= 15 is 0 Å². The number of methoxy groups -OCH3 is 1. The molecule has 0 bridgehead atoms. The van der Waals surface area contributed by atoms with E-state index in [4.69, 9.17) is 10.5 Å². The predicted octanol–water partition coefficient (Wildman–Crippen LogP) is 3.28. The molecule has 4 amide bonds. The molecular weight excluding hydrogens is 580 g/mol. The van der Waals surface area contributed by atoms with Gasteiger partial charge >= 0.3 is 0 Å². The van der Waals surface area contributed by atoms with E-state index < -0.39 is 29.3 Å². The van der Waals surface area contributed by atoms with Gasteiger partial charge in [0.15, 0.2) is 0 Å². The molecule has 0 spiro atoms. The number of ether oxygens (including phenoxy) is 1. The lowest BCUT2D eigenvalue weighted by molar-refractivity contribution is -0.143. The van der Waals surface area contributed by atoms with E-state index in [1.165, 1.54) is 19.2 Å². The minimum atomic E-state index is -0.903. The Balaban J connectivity index is 1.34. The van der Waals surface area contributed by atoms with Crippen LogP contribution in [0.15, 0.2) is 48.0 Å². The van der Waals surface area contributed by atoms with E-state index in [-0.39, 0.29) is 23.9 Å². The largest absolute Gasteiger partial charge is 0.495 e. The monoisotopic (exact) mass is 620 g/mol. The van der Waals surface area contributed by atoms with Crippen molar-refractivity contribution in [3.05, 3.63) is 64.8 Å². The maximum absolute atomic E-state index is 13.8. The highest BCUT2D eigenvalue weighted by Gasteiger charge is 2.41. The van der Waals surface area contributed by atoms with Crippen LogP contribution in [0, 0.1) is 12.3 Å². The van der Waals surface area contributed by atoms with Gasteiger partial charge in [0.05, 0.1) is 35.4 Å². The third kappa shape index (κ3) is 7.73. The minimum absolute atomic E-state index is 0.233. The van der Waals surface area contributed by atoms with Gasteiger partial charge in [-0.3, -0.25) is 19.2 Å². The Bertz CT molecular complexity index is 1510. The Hall–Kier alpha value is -4.45. The number of nitrogens with one attached hydrogen (secondary N) is 3. The second-order valence-corrected chi connectivity index (χ2v) is 12.7. The number of aryl methyl sites for hydroxylation is 1. The number of amides is 4. The highest BCUT2D eigenvalue weighted by molar-refractivity contribution is 7.13. The Morgan fingerprint density at radius 3 is 2.48 bits per heavy atom. The Labute approximate surface area is 261 Å². The number of hydrogen-bond donors (Lipinski definition) is 4. The summed E-state index contributed by atoms with van der Waals surface area (Å²) in [6.07, 6.45) is 1.21. The van der Waals surface area contributed by atoms with Crippen LogP contribution in [0.25, 0.3) is 10.4 Å². The van der Waals surface area contributed by atoms with Crippen molar-refractivity contribution in [1.82, 2.24) is 25.8 Å². The molecule has 4 rings (SSSR count). The lowest BCUT2D eigenvalue weighted by Gasteiger charge is -2.35. The molecule has 2 atom stereocenters. The van der Waals surface area contributed by atoms with Crippen molar-refractivity contribution in [2.75, 3.05) is 25.9 Å². The summed E-state index contributed by atoms with van der Waals surface area (Å²) in [5, 5.41) is 8.33. The summed E-state index contributed by atoms with van der Waals surface area (Å²) in [5.41, 5.74) is 10.7. The molecule has 234 valence electrons. The number of thiazole rings is 1. The maximum Gasteiger partial charge on any atom is 0.251 e. The van der Waals surface area contributed by atoms with Crippen molar-refractivity contribution in [2.45, 2.75) is 59.2 Å². The van der Waals surface area contributed by atoms with Gasteiger partial charge in [-0.1, -0.05) is 45.0 Å². The molecule has 1 fully saturated rings. The van der Waals surface area contributed by atoms with Crippen LogP contribution < -0.4 is 26.4 Å². The summed E-state index contributed by atoms with van der Waals surface area (Å²) in [5.74, 6) is -1.22. The SMILES string of the molecule is COc1cc(C(=O)NCC(=O)NC(C(=O)N2CCCC2C(=O)NCc2ccc(-c3scnc3C)cc2)C(C)(C)C)ccc1N. The molecule has 1 saturated heterocycles. The first-order valence-corrected chi connectivity index (χ1v) is 15.4. The molecule has 1 aliphatic heterocycles. The summed E-state index contributed by atoms with van der Waals surface area (Å²) < 4.78 is 5.15. The van der Waals surface area contributed by atoms with E-state index in [0.29, 0.717) is 37.4 Å². The summed E-state index contributed by atoms with van der Waals surface area (Å²) in [6.45, 7) is 7.92. The summed E-state index contributed by atoms with van der Waals surface area (Å²) in [4.78, 5) is 59.5. The van der Waals surface area contributed by atoms with Gasteiger partial charge in [-0.15, -0.1) is 11.3 Å². The minimum Gasteiger partial charge on any atom is -0.495 e. The summed E-state index contributed by atoms with van der Waals surface area (Å²) in [7, 11) is 1.45. The van der Waals surface area contributed by atoms with Crippen molar-refractivity contribution >= 4 is 40.7 Å². The highest BCUT2D eigenvalue weighted by atomic mass is 32.1. The van der Waals surface area contributed by atoms with Gasteiger partial charge in [-0.25, -0.2) is 4.98 Å². The number of nitrogens with zero attached hydrogens (tertiary/aromatic N) is 2. The number of aromatic nitrogens is 1. The molecule has 2 aromatic carbocycles. The number of carbonyl (C=O) groups is 4. The molecule has 44 heavy (non-hydrogen) atoms. The van der Waals surface area contributed by atoms with E-state index in [0.717, 1.165) is 21.7 Å². The highest BCUT2D eigenvalue weighted by Crippen LogP contribution is 2.28. The summed E-state index contributed by atoms with van der Waals surface area (Å²) in [6, 6.07) is 11.0. The molecule has 0 radical (unpaired) electrons. The van der Waals surface area contributed by atoms with Gasteiger partial charge in [-0.05, 0) is 54.5 Å². The first-order valence-electron chi connectivity index (χ1n) is 14.5. The van der Waals surface area contributed by atoms with Crippen LogP contribution >= 0.6 is 11.3 Å². The first-order chi connectivity index (χ1) is 20.9. The average molecular weight is 621 g/mol. The number of nitrogen functional groups attached to an aromatic ring is 1. The molecule has 0 aliphatic carbocycles. The molecule has 12 heteroatoms. The Morgan fingerprint density at radius 1 is 1.11 bits per heavy atom. The number of rotatable bonds is 10. The Kier molecular flexibility index (Phi) is 10.3. The van der Waals surface area contributed by atoms with E-state index in [9.17, 15) is 19.2 Å². The zero-order valence-corrected chi connectivity index (χ0v) is 26.5. The van der Waals surface area contributed by atoms with Crippen LogP contribution in [-0.4, -0.2) is 65.8 Å². The van der Waals surface area contributed by atoms with Crippen LogP contribution in [0.2, 0.25) is 0 Å². The third-order valence-electron chi connectivity index (χ3n) is 7.59. The van der Waals surface area contributed by atoms with Gasteiger partial charge in [-0.2, -0.15) is 0 Å². The molecular formula is C32H40N6O5S. The van der Waals surface area contributed by atoms with Crippen molar-refractivity contribution in [1.29, 1.82) is 0 Å². The zero-order valence-electron chi connectivity index (χ0n) is 25.7. The van der Waals surface area contributed by atoms with Gasteiger partial charge < -0.3 is 31.3 Å². The molecule has 2 heterocycles. The van der Waals surface area contributed by atoms with Gasteiger partial charge in [0, 0.05) is 18.7 Å². The number of hydrogen-bond acceptors (Lipinski definition) is 8. The fourth-order valence-corrected chi connectivity index (χ4v) is 5.92. The van der Waals surface area contributed by atoms with Crippen molar-refractivity contribution < 1.29 is 23.9 Å². The quantitative estimate of drug-likeness (QED) is 0.254. The number of carbonyl (C=O) groups excluding carboxylic acids is 4. The molecule has 2 unspecified atom stereocenters. The van der Waals surface area contributed by atoms with Gasteiger partial charge in [0.2, 0.25) is 17.7 Å². The van der Waals surface area contributed by atoms with Crippen molar-refractivity contribution in [3.63, 3.8) is 0 Å². The average Bonchev–Trinajstić information content (AvgIpc) is 3.66. The number of anilines is 1. The zero-order chi connectivity index (χ0) is 32.0. The third-order valence-corrected chi connectivity index (χ3v) is 8.57. The number of nitrogens with two attached hydrogens (primary N) is 1. The second kappa shape index (κ2) is 13.9. The second-order valence-electron chi connectivity index (χ2n) is 11.9. The van der Waals surface area contributed by atoms with Crippen LogP contribution in [0.3, 0.4) is 0 Å². The fourth-order valence-electron chi connectivity index (χ4n) is 5.10. The lowest BCUT2D eigenvalue weighted by Crippen LogP contribution is -2.58. The molecule has 11 nitrogen and oxygen atoms in total. The lowest BCUT2D eigenvalue weighted by atomic mass is 9.85. The van der Waals surface area contributed by atoms with Crippen LogP contribution in [0.4, 0.5) is 5.69 Å². The van der Waals surface area contributed by atoms with E-state index in [1.54, 1.807) is 22.3 Å². The summed E-state index contributed by atoms with van der Waals surface area (Å²) >= 11 is 1.59. The van der Waals surface area contributed by atoms with Crippen LogP contribution in [-0.2, 0) is 20.9 Å². The van der Waals surface area contributed by atoms with Crippen molar-refractivity contribution in [3.8, 4) is 16.2 Å². The first kappa shape index (κ1) is 32.5.